The van der Waals surface area contributed by atoms with E-state index in [4.69, 9.17) is 39.5 Å². The molecule has 2 aromatic rings. The minimum absolute atomic E-state index is 0.0475. The summed E-state index contributed by atoms with van der Waals surface area (Å²) in [5, 5.41) is 10.6. The summed E-state index contributed by atoms with van der Waals surface area (Å²) < 4.78 is 5.90. The van der Waals surface area contributed by atoms with Crippen LogP contribution >= 0.6 is 34.8 Å². The minimum atomic E-state index is -1.89. The maximum atomic E-state index is 14.0. The van der Waals surface area contributed by atoms with Crippen LogP contribution in [-0.4, -0.2) is 50.4 Å². The van der Waals surface area contributed by atoms with E-state index in [0.29, 0.717) is 33.2 Å². The summed E-state index contributed by atoms with van der Waals surface area (Å²) in [4.78, 5) is 53.3. The molecular weight excluding hydrogens is 591 g/mol. The van der Waals surface area contributed by atoms with Crippen molar-refractivity contribution in [2.24, 2.45) is 23.7 Å². The number of imide groups is 2. The molecule has 41 heavy (non-hydrogen) atoms. The lowest BCUT2D eigenvalue weighted by molar-refractivity contribution is -0.138. The first-order valence-corrected chi connectivity index (χ1v) is 14.3. The summed E-state index contributed by atoms with van der Waals surface area (Å²) in [6, 6.07) is 11.2. The zero-order valence-corrected chi connectivity index (χ0v) is 23.9. The monoisotopic (exact) mass is 612 g/mol. The summed E-state index contributed by atoms with van der Waals surface area (Å²) in [5.74, 6) is -4.41. The summed E-state index contributed by atoms with van der Waals surface area (Å²) >= 11 is 20.5. The Labute approximate surface area is 250 Å². The third-order valence-electron chi connectivity index (χ3n) is 9.25. The average Bonchev–Trinajstić information content (AvgIpc) is 3.28. The first-order chi connectivity index (χ1) is 19.5. The Morgan fingerprint density at radius 2 is 1.71 bits per heavy atom. The summed E-state index contributed by atoms with van der Waals surface area (Å²) in [6.07, 6.45) is 3.83. The highest BCUT2D eigenvalue weighted by molar-refractivity contribution is 6.53. The predicted octanol–water partition coefficient (Wildman–Crippen LogP) is 4.59. The standard InChI is InChI=1S/C30H23Cl3N2O6/c1-34-27(39)29(32)12-21-19(7-8-20-23(21)26(38)35(25(20)37)17-4-2-16(31)3-5-17)24(30(29,33)28(34)40)15-10-14-11-18(36)6-9-22(14)41-13-15/h2-7,9,11,13,20-21,23-24,36H,8,10,12H2,1H3. The van der Waals surface area contributed by atoms with Gasteiger partial charge in [0.1, 0.15) is 11.5 Å². The number of aromatic hydroxyl groups is 1. The number of phenols is 1. The lowest BCUT2D eigenvalue weighted by Crippen LogP contribution is -2.61. The van der Waals surface area contributed by atoms with E-state index in [9.17, 15) is 24.3 Å². The molecule has 210 valence electrons. The molecule has 3 fully saturated rings. The van der Waals surface area contributed by atoms with Gasteiger partial charge in [-0.25, -0.2) is 0 Å². The molecule has 11 heteroatoms. The summed E-state index contributed by atoms with van der Waals surface area (Å²) in [6.45, 7) is 0. The Kier molecular flexibility index (Phi) is 5.72. The van der Waals surface area contributed by atoms with Crippen LogP contribution in [0.15, 0.2) is 65.9 Å². The van der Waals surface area contributed by atoms with Gasteiger partial charge >= 0.3 is 0 Å². The van der Waals surface area contributed by atoms with Crippen molar-refractivity contribution in [1.82, 2.24) is 4.90 Å². The van der Waals surface area contributed by atoms with Crippen LogP contribution in [0, 0.1) is 23.7 Å². The van der Waals surface area contributed by atoms with Gasteiger partial charge in [-0.15, -0.1) is 23.2 Å². The molecule has 1 N–H and O–H groups in total. The fourth-order valence-electron chi connectivity index (χ4n) is 7.40. The highest BCUT2D eigenvalue weighted by atomic mass is 35.5. The molecule has 0 aromatic heterocycles. The number of rotatable bonds is 2. The van der Waals surface area contributed by atoms with Crippen LogP contribution < -0.4 is 9.64 Å². The van der Waals surface area contributed by atoms with E-state index in [2.05, 4.69) is 0 Å². The van der Waals surface area contributed by atoms with Crippen molar-refractivity contribution in [3.8, 4) is 11.5 Å². The van der Waals surface area contributed by atoms with Crippen molar-refractivity contribution in [3.05, 3.63) is 76.5 Å². The molecule has 8 nitrogen and oxygen atoms in total. The second-order valence-electron chi connectivity index (χ2n) is 11.3. The van der Waals surface area contributed by atoms with Crippen LogP contribution in [0.3, 0.4) is 0 Å². The highest BCUT2D eigenvalue weighted by Crippen LogP contribution is 2.64. The number of carbonyl (C=O) groups excluding carboxylic acids is 4. The molecule has 7 rings (SSSR count). The van der Waals surface area contributed by atoms with Gasteiger partial charge < -0.3 is 9.84 Å². The topological polar surface area (TPSA) is 104 Å². The zero-order valence-electron chi connectivity index (χ0n) is 21.6. The molecule has 1 saturated carbocycles. The van der Waals surface area contributed by atoms with Gasteiger partial charge in [0.25, 0.3) is 11.8 Å². The molecule has 2 aromatic carbocycles. The molecule has 2 aliphatic carbocycles. The Morgan fingerprint density at radius 3 is 2.44 bits per heavy atom. The van der Waals surface area contributed by atoms with Crippen LogP contribution in [0.2, 0.25) is 5.02 Å². The fraction of sp³-hybridized carbons (Fsp3) is 0.333. The summed E-state index contributed by atoms with van der Waals surface area (Å²) in [7, 11) is 1.35. The molecule has 6 unspecified atom stereocenters. The van der Waals surface area contributed by atoms with Crippen molar-refractivity contribution in [1.29, 1.82) is 0 Å². The lowest BCUT2D eigenvalue weighted by Gasteiger charge is -2.51. The normalized spacial score (nSPS) is 34.0. The van der Waals surface area contributed by atoms with Crippen LogP contribution in [-0.2, 0) is 25.6 Å². The van der Waals surface area contributed by atoms with Gasteiger partial charge in [0.05, 0.1) is 23.8 Å². The number of likely N-dealkylation sites (tertiary alicyclic amines) is 1. The second kappa shape index (κ2) is 8.84. The van der Waals surface area contributed by atoms with Gasteiger partial charge in [0.15, 0.2) is 9.75 Å². The van der Waals surface area contributed by atoms with Crippen molar-refractivity contribution < 1.29 is 29.0 Å². The molecule has 6 atom stereocenters. The van der Waals surface area contributed by atoms with Crippen molar-refractivity contribution in [2.45, 2.75) is 29.0 Å². The van der Waals surface area contributed by atoms with E-state index in [1.54, 1.807) is 36.4 Å². The van der Waals surface area contributed by atoms with Crippen molar-refractivity contribution in [2.75, 3.05) is 11.9 Å². The third-order valence-corrected chi connectivity index (χ3v) is 10.9. The predicted molar refractivity (Wildman–Crippen MR) is 151 cm³/mol. The Bertz CT molecular complexity index is 1640. The number of carbonyl (C=O) groups is 4. The number of benzene rings is 2. The van der Waals surface area contributed by atoms with Crippen molar-refractivity contribution in [3.63, 3.8) is 0 Å². The SMILES string of the molecule is CN1C(=O)C2(Cl)CC3C(=CCC4C(=O)N(c5ccc(Cl)cc5)C(=O)C43)C(C3=COc4ccc(O)cc4C3)C2(Cl)C1=O. The number of halogens is 3. The molecule has 4 amide bonds. The molecule has 2 saturated heterocycles. The molecular formula is C30H23Cl3N2O6. The molecule has 0 bridgehead atoms. The molecule has 0 spiro atoms. The lowest BCUT2D eigenvalue weighted by atomic mass is 9.56. The number of amides is 4. The number of hydrogen-bond acceptors (Lipinski definition) is 6. The zero-order chi connectivity index (χ0) is 29.0. The number of anilines is 1. The van der Waals surface area contributed by atoms with E-state index in [1.165, 1.54) is 24.3 Å². The minimum Gasteiger partial charge on any atom is -0.508 e. The number of hydrogen-bond donors (Lipinski definition) is 1. The number of allylic oxidation sites excluding steroid dienone is 3. The van der Waals surface area contributed by atoms with Gasteiger partial charge in [0, 0.05) is 30.0 Å². The molecule has 0 radical (unpaired) electrons. The first kappa shape index (κ1) is 26.6. The average molecular weight is 614 g/mol. The number of phenolic OH excluding ortho intramolecular Hbond substituents is 1. The maximum absolute atomic E-state index is 14.0. The van der Waals surface area contributed by atoms with E-state index in [-0.39, 0.29) is 30.9 Å². The van der Waals surface area contributed by atoms with Crippen LogP contribution in [0.25, 0.3) is 0 Å². The van der Waals surface area contributed by atoms with E-state index < -0.39 is 51.1 Å². The van der Waals surface area contributed by atoms with Crippen LogP contribution in [0.4, 0.5) is 5.69 Å². The fourth-order valence-corrected chi connectivity index (χ4v) is 8.56. The van der Waals surface area contributed by atoms with Crippen LogP contribution in [0.5, 0.6) is 11.5 Å². The second-order valence-corrected chi connectivity index (χ2v) is 12.9. The van der Waals surface area contributed by atoms with E-state index in [1.807, 2.05) is 6.08 Å². The first-order valence-electron chi connectivity index (χ1n) is 13.2. The molecule has 5 aliphatic rings. The van der Waals surface area contributed by atoms with Gasteiger partial charge in [-0.3, -0.25) is 29.0 Å². The quantitative estimate of drug-likeness (QED) is 0.302. The summed E-state index contributed by atoms with van der Waals surface area (Å²) in [5.41, 5.74) is 2.35. The highest BCUT2D eigenvalue weighted by Gasteiger charge is 2.76. The van der Waals surface area contributed by atoms with Gasteiger partial charge in [-0.05, 0) is 66.8 Å². The van der Waals surface area contributed by atoms with E-state index >= 15 is 0 Å². The Balaban J connectivity index is 1.36. The van der Waals surface area contributed by atoms with Gasteiger partial charge in [-0.1, -0.05) is 23.3 Å². The Morgan fingerprint density at radius 1 is 0.976 bits per heavy atom. The number of fused-ring (bicyclic) bond motifs is 5. The van der Waals surface area contributed by atoms with Gasteiger partial charge in [-0.2, -0.15) is 0 Å². The largest absolute Gasteiger partial charge is 0.508 e. The van der Waals surface area contributed by atoms with Crippen LogP contribution in [0.1, 0.15) is 18.4 Å². The maximum Gasteiger partial charge on any atom is 0.253 e. The van der Waals surface area contributed by atoms with Crippen molar-refractivity contribution >= 4 is 64.1 Å². The number of ether oxygens (including phenoxy) is 1. The molecule has 3 aliphatic heterocycles. The smallest absolute Gasteiger partial charge is 0.253 e. The van der Waals surface area contributed by atoms with Gasteiger partial charge in [0.2, 0.25) is 11.8 Å². The third kappa shape index (κ3) is 3.41. The number of alkyl halides is 2. The number of nitrogens with zero attached hydrogens (tertiary/aromatic N) is 2. The Hall–Kier alpha value is -3.33. The molecule has 3 heterocycles. The van der Waals surface area contributed by atoms with E-state index in [0.717, 1.165) is 4.90 Å².